The Balaban J connectivity index is 1.52. The molecule has 1 aliphatic rings. The Bertz CT molecular complexity index is 2520. The van der Waals surface area contributed by atoms with Crippen LogP contribution in [0.5, 0.6) is 0 Å². The Labute approximate surface area is 247 Å². The lowest BCUT2D eigenvalue weighted by atomic mass is 9.88. The molecule has 6 aromatic carbocycles. The van der Waals surface area contributed by atoms with Gasteiger partial charge in [-0.1, -0.05) is 115 Å². The molecule has 4 nitrogen and oxygen atoms in total. The van der Waals surface area contributed by atoms with Crippen LogP contribution in [0.1, 0.15) is 0 Å². The van der Waals surface area contributed by atoms with Gasteiger partial charge in [0.05, 0.1) is 33.4 Å². The summed E-state index contributed by atoms with van der Waals surface area (Å²) in [5.74, 6) is 1.98. The van der Waals surface area contributed by atoms with E-state index in [2.05, 4.69) is 159 Å². The van der Waals surface area contributed by atoms with Crippen molar-refractivity contribution in [2.45, 2.75) is 0 Å². The van der Waals surface area contributed by atoms with Gasteiger partial charge >= 0.3 is 0 Å². The van der Waals surface area contributed by atoms with Crippen molar-refractivity contribution in [2.75, 3.05) is 0 Å². The zero-order valence-corrected chi connectivity index (χ0v) is 23.1. The van der Waals surface area contributed by atoms with Crippen molar-refractivity contribution in [3.05, 3.63) is 146 Å². The van der Waals surface area contributed by atoms with Gasteiger partial charge < -0.3 is 0 Å². The average Bonchev–Trinajstić information content (AvgIpc) is 3.71. The number of rotatable bonds is 1. The van der Waals surface area contributed by atoms with Gasteiger partial charge in [-0.15, -0.1) is 0 Å². The van der Waals surface area contributed by atoms with Gasteiger partial charge in [-0.25, -0.2) is 4.98 Å². The Hall–Kier alpha value is -5.87. The molecule has 9 aromatic rings. The van der Waals surface area contributed by atoms with E-state index in [0.29, 0.717) is 0 Å². The molecule has 43 heavy (non-hydrogen) atoms. The normalized spacial score (nSPS) is 12.2. The quantitative estimate of drug-likeness (QED) is 0.201. The van der Waals surface area contributed by atoms with Crippen molar-refractivity contribution < 1.29 is 0 Å². The molecule has 200 valence electrons. The third kappa shape index (κ3) is 2.92. The Morgan fingerprint density at radius 3 is 1.58 bits per heavy atom. The molecule has 3 aromatic heterocycles. The van der Waals surface area contributed by atoms with Crippen molar-refractivity contribution in [2.24, 2.45) is 0 Å². The van der Waals surface area contributed by atoms with Crippen molar-refractivity contribution in [3.8, 4) is 45.0 Å². The van der Waals surface area contributed by atoms with Crippen LogP contribution in [0.15, 0.2) is 146 Å². The minimum Gasteiger partial charge on any atom is -0.293 e. The number of benzene rings is 6. The summed E-state index contributed by atoms with van der Waals surface area (Å²) in [4.78, 5) is 5.33. The van der Waals surface area contributed by atoms with E-state index in [1.54, 1.807) is 0 Å². The van der Waals surface area contributed by atoms with Crippen molar-refractivity contribution in [1.82, 2.24) is 18.5 Å². The minimum atomic E-state index is 0.898. The summed E-state index contributed by atoms with van der Waals surface area (Å²) in [6.45, 7) is 0. The van der Waals surface area contributed by atoms with Crippen LogP contribution in [-0.2, 0) is 0 Å². The van der Waals surface area contributed by atoms with Crippen LogP contribution in [0.25, 0.3) is 83.6 Å². The molecule has 0 saturated heterocycles. The van der Waals surface area contributed by atoms with Crippen LogP contribution < -0.4 is 0 Å². The molecule has 0 bridgehead atoms. The third-order valence-corrected chi connectivity index (χ3v) is 9.02. The number of hydrogen-bond donors (Lipinski definition) is 0. The highest BCUT2D eigenvalue weighted by atomic mass is 15.3. The van der Waals surface area contributed by atoms with Crippen molar-refractivity contribution in [3.63, 3.8) is 0 Å². The van der Waals surface area contributed by atoms with Crippen LogP contribution in [0, 0.1) is 0 Å². The molecular weight excluding hydrogens is 524 g/mol. The van der Waals surface area contributed by atoms with Crippen LogP contribution in [-0.4, -0.2) is 18.5 Å². The van der Waals surface area contributed by atoms with Gasteiger partial charge in [-0.2, -0.15) is 0 Å². The van der Waals surface area contributed by atoms with E-state index in [1.165, 1.54) is 49.6 Å². The van der Waals surface area contributed by atoms with E-state index < -0.39 is 0 Å². The SMILES string of the molecule is c1ccc2c(c1)-c1ccccc1-c1c(-n3c4ccccc4c4ccccc43)n3c4ccccc4nc3n1-c1ccccc1-2. The summed E-state index contributed by atoms with van der Waals surface area (Å²) < 4.78 is 7.21. The maximum atomic E-state index is 5.33. The van der Waals surface area contributed by atoms with Crippen LogP contribution in [0.3, 0.4) is 0 Å². The Kier molecular flexibility index (Phi) is 4.42. The lowest BCUT2D eigenvalue weighted by molar-refractivity contribution is 1.07. The summed E-state index contributed by atoms with van der Waals surface area (Å²) in [7, 11) is 0. The Morgan fingerprint density at radius 2 is 0.884 bits per heavy atom. The van der Waals surface area contributed by atoms with E-state index in [-0.39, 0.29) is 0 Å². The van der Waals surface area contributed by atoms with Crippen LogP contribution in [0.4, 0.5) is 0 Å². The number of imidazole rings is 2. The second-order valence-corrected chi connectivity index (χ2v) is 11.2. The smallest absolute Gasteiger partial charge is 0.221 e. The second kappa shape index (κ2) is 8.34. The van der Waals surface area contributed by atoms with E-state index in [4.69, 9.17) is 4.98 Å². The second-order valence-electron chi connectivity index (χ2n) is 11.2. The van der Waals surface area contributed by atoms with E-state index in [1.807, 2.05) is 0 Å². The van der Waals surface area contributed by atoms with Gasteiger partial charge in [0.1, 0.15) is 0 Å². The molecule has 0 unspecified atom stereocenters. The molecule has 0 aliphatic carbocycles. The topological polar surface area (TPSA) is 27.2 Å². The summed E-state index contributed by atoms with van der Waals surface area (Å²) >= 11 is 0. The fourth-order valence-electron chi connectivity index (χ4n) is 7.28. The molecule has 0 atom stereocenters. The summed E-state index contributed by atoms with van der Waals surface area (Å²) in [6, 6.07) is 52.3. The first-order chi connectivity index (χ1) is 21.4. The molecule has 0 radical (unpaired) electrons. The van der Waals surface area contributed by atoms with E-state index in [0.717, 1.165) is 34.0 Å². The minimum absolute atomic E-state index is 0.898. The highest BCUT2D eigenvalue weighted by molar-refractivity contribution is 6.10. The van der Waals surface area contributed by atoms with Gasteiger partial charge in [-0.05, 0) is 47.0 Å². The Morgan fingerprint density at radius 1 is 0.395 bits per heavy atom. The molecular formula is C39H24N4. The standard InChI is InChI=1S/C39H24N4/c1-2-14-26-25(13-1)27-15-3-4-19-31(27)37-38(41-33-21-9-6-17-29(33)30-18-7-10-22-34(30)41)43-36-24-12-8-20-32(36)40-39(43)42(37)35-23-11-5-16-28(26)35/h1-24H. The highest BCUT2D eigenvalue weighted by Crippen LogP contribution is 2.48. The first kappa shape index (κ1) is 22.8. The molecule has 10 rings (SSSR count). The number of nitrogens with zero attached hydrogens (tertiary/aromatic N) is 4. The molecule has 1 aliphatic heterocycles. The van der Waals surface area contributed by atoms with Crippen molar-refractivity contribution in [1.29, 1.82) is 0 Å². The number of aromatic nitrogens is 4. The van der Waals surface area contributed by atoms with Gasteiger partial charge in [-0.3, -0.25) is 13.5 Å². The maximum absolute atomic E-state index is 5.33. The summed E-state index contributed by atoms with van der Waals surface area (Å²) in [5.41, 5.74) is 12.7. The lowest BCUT2D eigenvalue weighted by Crippen LogP contribution is -2.06. The largest absolute Gasteiger partial charge is 0.293 e. The summed E-state index contributed by atoms with van der Waals surface area (Å²) in [6.07, 6.45) is 0. The molecule has 0 amide bonds. The zero-order valence-electron chi connectivity index (χ0n) is 23.1. The first-order valence-electron chi connectivity index (χ1n) is 14.7. The van der Waals surface area contributed by atoms with Crippen LogP contribution >= 0.6 is 0 Å². The molecule has 0 fully saturated rings. The van der Waals surface area contributed by atoms with E-state index in [9.17, 15) is 0 Å². The lowest BCUT2D eigenvalue weighted by Gasteiger charge is -2.23. The first-order valence-corrected chi connectivity index (χ1v) is 14.7. The van der Waals surface area contributed by atoms with Gasteiger partial charge in [0.2, 0.25) is 5.78 Å². The van der Waals surface area contributed by atoms with E-state index >= 15 is 0 Å². The fourth-order valence-corrected chi connectivity index (χ4v) is 7.28. The summed E-state index contributed by atoms with van der Waals surface area (Å²) in [5, 5.41) is 2.47. The fraction of sp³-hybridized carbons (Fsp3) is 0. The molecule has 4 heteroatoms. The predicted octanol–water partition coefficient (Wildman–Crippen LogP) is 9.69. The molecule has 0 saturated carbocycles. The zero-order chi connectivity index (χ0) is 28.1. The average molecular weight is 549 g/mol. The number of para-hydroxylation sites is 5. The van der Waals surface area contributed by atoms with Gasteiger partial charge in [0, 0.05) is 21.9 Å². The number of fused-ring (bicyclic) bond motifs is 15. The predicted molar refractivity (Wildman–Crippen MR) is 176 cm³/mol. The third-order valence-electron chi connectivity index (χ3n) is 9.02. The monoisotopic (exact) mass is 548 g/mol. The number of hydrogen-bond acceptors (Lipinski definition) is 1. The highest BCUT2D eigenvalue weighted by Gasteiger charge is 2.31. The van der Waals surface area contributed by atoms with Gasteiger partial charge in [0.25, 0.3) is 0 Å². The molecule has 4 heterocycles. The maximum Gasteiger partial charge on any atom is 0.221 e. The van der Waals surface area contributed by atoms with Crippen LogP contribution in [0.2, 0.25) is 0 Å². The van der Waals surface area contributed by atoms with Crippen molar-refractivity contribution >= 4 is 38.6 Å². The molecule has 0 spiro atoms. The van der Waals surface area contributed by atoms with Gasteiger partial charge in [0.15, 0.2) is 5.82 Å². The molecule has 0 N–H and O–H groups in total.